The van der Waals surface area contributed by atoms with Crippen molar-refractivity contribution in [3.8, 4) is 11.5 Å². The number of hydrogen-bond donors (Lipinski definition) is 1. The quantitative estimate of drug-likeness (QED) is 0.652. The molecule has 92 valence electrons. The zero-order valence-electron chi connectivity index (χ0n) is 9.32. The Morgan fingerprint density at radius 2 is 2.00 bits per heavy atom. The number of methoxy groups -OCH3 is 2. The Bertz CT molecular complexity index is 455. The van der Waals surface area contributed by atoms with Crippen molar-refractivity contribution in [1.82, 2.24) is 0 Å². The summed E-state index contributed by atoms with van der Waals surface area (Å²) < 4.78 is 9.17. The lowest BCUT2D eigenvalue weighted by Crippen LogP contribution is -2.17. The van der Waals surface area contributed by atoms with Crippen LogP contribution in [-0.2, 0) is 20.7 Å². The lowest BCUT2D eigenvalue weighted by molar-refractivity contribution is -0.151. The summed E-state index contributed by atoms with van der Waals surface area (Å²) in [6.07, 6.45) is -0.164. The third-order valence-electron chi connectivity index (χ3n) is 2.09. The number of carbonyl (C=O) groups is 2. The van der Waals surface area contributed by atoms with Crippen LogP contribution in [0.1, 0.15) is 5.56 Å². The first kappa shape index (κ1) is 13.3. The molecule has 0 amide bonds. The van der Waals surface area contributed by atoms with E-state index in [-0.39, 0.29) is 22.9 Å². The maximum atomic E-state index is 11.3. The third-order valence-corrected chi connectivity index (χ3v) is 2.37. The van der Waals surface area contributed by atoms with E-state index in [2.05, 4.69) is 4.74 Å². The molecule has 0 saturated heterocycles. The van der Waals surface area contributed by atoms with Crippen LogP contribution in [0.4, 0.5) is 0 Å². The fourth-order valence-corrected chi connectivity index (χ4v) is 1.49. The van der Waals surface area contributed by atoms with Crippen LogP contribution in [0.25, 0.3) is 0 Å². The summed E-state index contributed by atoms with van der Waals surface area (Å²) in [5, 5.41) is 9.53. The van der Waals surface area contributed by atoms with E-state index in [0.717, 1.165) is 7.11 Å². The highest BCUT2D eigenvalue weighted by atomic mass is 35.5. The molecule has 0 aliphatic carbocycles. The van der Waals surface area contributed by atoms with Gasteiger partial charge in [-0.3, -0.25) is 4.79 Å². The average Bonchev–Trinajstić information content (AvgIpc) is 2.32. The van der Waals surface area contributed by atoms with Crippen LogP contribution in [0.2, 0.25) is 5.02 Å². The summed E-state index contributed by atoms with van der Waals surface area (Å²) in [7, 11) is 2.49. The van der Waals surface area contributed by atoms with Gasteiger partial charge in [-0.05, 0) is 17.7 Å². The van der Waals surface area contributed by atoms with Crippen molar-refractivity contribution in [2.24, 2.45) is 0 Å². The van der Waals surface area contributed by atoms with Gasteiger partial charge in [-0.15, -0.1) is 0 Å². The Balaban J connectivity index is 2.96. The molecule has 0 aliphatic heterocycles. The average molecular weight is 259 g/mol. The van der Waals surface area contributed by atoms with E-state index in [1.165, 1.54) is 19.2 Å². The summed E-state index contributed by atoms with van der Waals surface area (Å²) in [6.45, 7) is 0. The standard InChI is InChI=1S/C11H11ClO5/c1-16-9-5-6(3-7(12)10(9)14)4-8(13)11(15)17-2/h3,5,14H,4H2,1-2H3. The number of ketones is 1. The fourth-order valence-electron chi connectivity index (χ4n) is 1.26. The zero-order chi connectivity index (χ0) is 13.0. The minimum Gasteiger partial charge on any atom is -0.503 e. The van der Waals surface area contributed by atoms with Crippen molar-refractivity contribution in [2.75, 3.05) is 14.2 Å². The number of rotatable bonds is 4. The molecule has 17 heavy (non-hydrogen) atoms. The van der Waals surface area contributed by atoms with E-state index in [0.29, 0.717) is 5.56 Å². The Morgan fingerprint density at radius 1 is 1.35 bits per heavy atom. The van der Waals surface area contributed by atoms with Crippen molar-refractivity contribution in [2.45, 2.75) is 6.42 Å². The predicted molar refractivity (Wildman–Crippen MR) is 60.4 cm³/mol. The first-order chi connectivity index (χ1) is 7.99. The van der Waals surface area contributed by atoms with Gasteiger partial charge in [-0.25, -0.2) is 4.79 Å². The van der Waals surface area contributed by atoms with Gasteiger partial charge >= 0.3 is 5.97 Å². The molecule has 1 aromatic rings. The molecule has 1 aromatic carbocycles. The van der Waals surface area contributed by atoms with Crippen molar-refractivity contribution >= 4 is 23.4 Å². The third kappa shape index (κ3) is 3.10. The molecule has 0 unspecified atom stereocenters. The molecule has 5 nitrogen and oxygen atoms in total. The van der Waals surface area contributed by atoms with Crippen LogP contribution in [-0.4, -0.2) is 31.1 Å². The second kappa shape index (κ2) is 5.54. The molecule has 0 fully saturated rings. The van der Waals surface area contributed by atoms with Crippen LogP contribution in [0.5, 0.6) is 11.5 Å². The Labute approximate surface area is 103 Å². The summed E-state index contributed by atoms with van der Waals surface area (Å²) in [4.78, 5) is 22.3. The van der Waals surface area contributed by atoms with Gasteiger partial charge < -0.3 is 14.6 Å². The number of halogens is 1. The first-order valence-corrected chi connectivity index (χ1v) is 5.04. The van der Waals surface area contributed by atoms with Crippen LogP contribution >= 0.6 is 11.6 Å². The predicted octanol–water partition coefficient (Wildman–Crippen LogP) is 1.34. The van der Waals surface area contributed by atoms with Gasteiger partial charge in [0.2, 0.25) is 5.78 Å². The normalized spacial score (nSPS) is 9.82. The van der Waals surface area contributed by atoms with Crippen molar-refractivity contribution in [1.29, 1.82) is 0 Å². The second-order valence-corrected chi connectivity index (χ2v) is 3.63. The molecule has 6 heteroatoms. The van der Waals surface area contributed by atoms with E-state index in [4.69, 9.17) is 16.3 Å². The molecule has 0 spiro atoms. The van der Waals surface area contributed by atoms with E-state index < -0.39 is 11.8 Å². The summed E-state index contributed by atoms with van der Waals surface area (Å²) >= 11 is 5.74. The van der Waals surface area contributed by atoms with Gasteiger partial charge in [0.05, 0.1) is 19.2 Å². The molecule has 0 saturated carbocycles. The SMILES string of the molecule is COC(=O)C(=O)Cc1cc(Cl)c(O)c(OC)c1. The largest absolute Gasteiger partial charge is 0.503 e. The molecule has 0 aromatic heterocycles. The summed E-state index contributed by atoms with van der Waals surface area (Å²) in [6, 6.07) is 2.82. The monoisotopic (exact) mass is 258 g/mol. The van der Waals surface area contributed by atoms with E-state index >= 15 is 0 Å². The van der Waals surface area contributed by atoms with E-state index in [1.54, 1.807) is 0 Å². The molecule has 0 bridgehead atoms. The van der Waals surface area contributed by atoms with Crippen LogP contribution in [0.3, 0.4) is 0 Å². The van der Waals surface area contributed by atoms with E-state index in [9.17, 15) is 14.7 Å². The number of hydrogen-bond acceptors (Lipinski definition) is 5. The van der Waals surface area contributed by atoms with Crippen LogP contribution in [0.15, 0.2) is 12.1 Å². The molecule has 1 N–H and O–H groups in total. The lowest BCUT2D eigenvalue weighted by Gasteiger charge is -2.07. The first-order valence-electron chi connectivity index (χ1n) is 4.66. The van der Waals surface area contributed by atoms with Crippen molar-refractivity contribution in [3.05, 3.63) is 22.7 Å². The van der Waals surface area contributed by atoms with Gasteiger partial charge in [0.1, 0.15) is 0 Å². The van der Waals surface area contributed by atoms with Gasteiger partial charge in [-0.2, -0.15) is 0 Å². The molecular formula is C11H11ClO5. The highest BCUT2D eigenvalue weighted by Gasteiger charge is 2.17. The molecule has 0 radical (unpaired) electrons. The van der Waals surface area contributed by atoms with Gasteiger partial charge in [0, 0.05) is 6.42 Å². The molecule has 1 rings (SSSR count). The number of Topliss-reactive ketones (excluding diaryl/α,β-unsaturated/α-hetero) is 1. The highest BCUT2D eigenvalue weighted by molar-refractivity contribution is 6.34. The number of phenols is 1. The second-order valence-electron chi connectivity index (χ2n) is 3.22. The van der Waals surface area contributed by atoms with Crippen molar-refractivity contribution in [3.63, 3.8) is 0 Å². The number of ether oxygens (including phenoxy) is 2. The topological polar surface area (TPSA) is 72.8 Å². The number of esters is 1. The Kier molecular flexibility index (Phi) is 4.34. The number of phenolic OH excluding ortho intramolecular Hbond substituents is 1. The smallest absolute Gasteiger partial charge is 0.374 e. The minimum absolute atomic E-state index is 0.0528. The number of aromatic hydroxyl groups is 1. The Morgan fingerprint density at radius 3 is 2.53 bits per heavy atom. The molecule has 0 heterocycles. The van der Waals surface area contributed by atoms with Crippen LogP contribution < -0.4 is 4.74 Å². The molecule has 0 aliphatic rings. The number of benzene rings is 1. The molecule has 0 atom stereocenters. The lowest BCUT2D eigenvalue weighted by atomic mass is 10.1. The minimum atomic E-state index is -0.923. The summed E-state index contributed by atoms with van der Waals surface area (Å²) in [5.41, 5.74) is 0.458. The van der Waals surface area contributed by atoms with Crippen LogP contribution in [0, 0.1) is 0 Å². The fraction of sp³-hybridized carbons (Fsp3) is 0.273. The zero-order valence-corrected chi connectivity index (χ0v) is 10.1. The van der Waals surface area contributed by atoms with Gasteiger partial charge in [0.15, 0.2) is 11.5 Å². The molecular weight excluding hydrogens is 248 g/mol. The van der Waals surface area contributed by atoms with Crippen molar-refractivity contribution < 1.29 is 24.2 Å². The van der Waals surface area contributed by atoms with Gasteiger partial charge in [-0.1, -0.05) is 11.6 Å². The van der Waals surface area contributed by atoms with E-state index in [1.807, 2.05) is 0 Å². The van der Waals surface area contributed by atoms with Gasteiger partial charge in [0.25, 0.3) is 0 Å². The maximum Gasteiger partial charge on any atom is 0.374 e. The number of carbonyl (C=O) groups excluding carboxylic acids is 2. The highest BCUT2D eigenvalue weighted by Crippen LogP contribution is 2.35. The maximum absolute atomic E-state index is 11.3. The Hall–Kier alpha value is -1.75. The summed E-state index contributed by atoms with van der Waals surface area (Å²) in [5.74, 6) is -1.68.